The number of hydrogen-bond donors (Lipinski definition) is 0. The van der Waals surface area contributed by atoms with Crippen LogP contribution in [-0.4, -0.2) is 22.0 Å². The van der Waals surface area contributed by atoms with E-state index in [4.69, 9.17) is 45.2 Å². The van der Waals surface area contributed by atoms with Gasteiger partial charge in [-0.1, -0.05) is 0 Å². The first-order valence-electron chi connectivity index (χ1n) is 2.12. The van der Waals surface area contributed by atoms with Crippen molar-refractivity contribution in [3.8, 4) is 0 Å². The van der Waals surface area contributed by atoms with Crippen molar-refractivity contribution in [2.24, 2.45) is 0 Å². The van der Waals surface area contributed by atoms with E-state index in [2.05, 4.69) is 0 Å². The van der Waals surface area contributed by atoms with Crippen LogP contribution >= 0.6 is 0 Å². The number of hydrogen-bond acceptors (Lipinski definition) is 9. The van der Waals surface area contributed by atoms with E-state index in [0.29, 0.717) is 0 Å². The van der Waals surface area contributed by atoms with E-state index in [9.17, 15) is 0 Å². The third-order valence-corrected chi connectivity index (χ3v) is 0. The SMILES string of the molecule is [Ce+3].[Ce+3].[Ce+3].[O-]B([O-])[O-].[O-]B([O-])[O-].[O-]B([O-])[O-]. The van der Waals surface area contributed by atoms with Gasteiger partial charge in [-0.05, 0) is 0 Å². The van der Waals surface area contributed by atoms with Crippen molar-refractivity contribution in [3.63, 3.8) is 0 Å². The fourth-order valence-corrected chi connectivity index (χ4v) is 0. The second kappa shape index (κ2) is 30.8. The van der Waals surface area contributed by atoms with E-state index < -0.39 is 22.0 Å². The molecule has 0 aromatic carbocycles. The van der Waals surface area contributed by atoms with Crippen LogP contribution in [0.2, 0.25) is 0 Å². The molecule has 0 bridgehead atoms. The Balaban J connectivity index is -0.0000000184. The zero-order valence-corrected chi connectivity index (χ0v) is 16.3. The molecule has 15 heteroatoms. The number of rotatable bonds is 0. The molecule has 0 aromatic heterocycles. The summed E-state index contributed by atoms with van der Waals surface area (Å²) >= 11 is 0. The standard InChI is InChI=1S/3BO3.3Ce/c3*2-1(3)4;;;/q3*-3;3*+3. The minimum atomic E-state index is -2.92. The van der Waals surface area contributed by atoms with Crippen LogP contribution < -0.4 is 45.2 Å². The van der Waals surface area contributed by atoms with E-state index in [0.717, 1.165) is 0 Å². The monoisotopic (exact) mass is 597 g/mol. The summed E-state index contributed by atoms with van der Waals surface area (Å²) in [7, 11) is -8.75. The van der Waals surface area contributed by atoms with E-state index >= 15 is 0 Å². The van der Waals surface area contributed by atoms with Gasteiger partial charge in [0, 0.05) is 0 Å². The Morgan fingerprint density at radius 3 is 0.333 bits per heavy atom. The smallest absolute Gasteiger partial charge is 0.907 e. The third-order valence-electron chi connectivity index (χ3n) is 0. The summed E-state index contributed by atoms with van der Waals surface area (Å²) in [6.07, 6.45) is 0. The first-order chi connectivity index (χ1) is 5.20. The van der Waals surface area contributed by atoms with E-state index in [1.807, 2.05) is 0 Å². The Kier molecular flexibility index (Phi) is 74.7. The molecule has 0 rings (SSSR count). The van der Waals surface area contributed by atoms with Crippen molar-refractivity contribution in [1.82, 2.24) is 0 Å². The second-order valence-electron chi connectivity index (χ2n) is 0.866. The maximum Gasteiger partial charge on any atom is 3.00 e. The molecule has 0 N–H and O–H groups in total. The Morgan fingerprint density at radius 1 is 0.333 bits per heavy atom. The van der Waals surface area contributed by atoms with Crippen molar-refractivity contribution >= 4 is 22.0 Å². The summed E-state index contributed by atoms with van der Waals surface area (Å²) in [5.74, 6) is 0. The molecule has 0 aliphatic rings. The third kappa shape index (κ3) is 291. The summed E-state index contributed by atoms with van der Waals surface area (Å²) in [5.41, 5.74) is 0. The van der Waals surface area contributed by atoms with Gasteiger partial charge in [0.25, 0.3) is 0 Å². The fourth-order valence-electron chi connectivity index (χ4n) is 0. The average molecular weight is 597 g/mol. The predicted molar refractivity (Wildman–Crippen MR) is 17.3 cm³/mol. The Hall–Kier alpha value is 3.96. The maximum atomic E-state index is 8.42. The molecule has 0 atom stereocenters. The van der Waals surface area contributed by atoms with Gasteiger partial charge in [-0.15, -0.1) is 0 Å². The van der Waals surface area contributed by atoms with Gasteiger partial charge in [0.1, 0.15) is 0 Å². The largest absolute Gasteiger partial charge is 3.00 e. The molecule has 0 saturated carbocycles. The first kappa shape index (κ1) is 36.4. The van der Waals surface area contributed by atoms with Gasteiger partial charge < -0.3 is 45.2 Å². The van der Waals surface area contributed by atoms with Crippen LogP contribution in [0.25, 0.3) is 0 Å². The predicted octanol–water partition coefficient (Wildman–Crippen LogP) is -11.8. The van der Waals surface area contributed by atoms with Crippen LogP contribution in [0.5, 0.6) is 0 Å². The van der Waals surface area contributed by atoms with Crippen molar-refractivity contribution in [1.29, 1.82) is 0 Å². The average Bonchev–Trinajstić information content (AvgIpc) is 1.54. The van der Waals surface area contributed by atoms with Gasteiger partial charge in [-0.2, -0.15) is 0 Å². The minimum absolute atomic E-state index is 0. The minimum Gasteiger partial charge on any atom is -0.907 e. The Labute approximate surface area is 188 Å². The molecule has 0 heterocycles. The van der Waals surface area contributed by atoms with Gasteiger partial charge in [0.15, 0.2) is 0 Å². The van der Waals surface area contributed by atoms with Crippen molar-refractivity contribution in [2.45, 2.75) is 0 Å². The Bertz CT molecular complexity index is 49.1. The van der Waals surface area contributed by atoms with Gasteiger partial charge in [0.2, 0.25) is 0 Å². The van der Waals surface area contributed by atoms with Gasteiger partial charge >= 0.3 is 125 Å². The van der Waals surface area contributed by atoms with Gasteiger partial charge in [-0.3, -0.25) is 22.0 Å². The zero-order valence-electron chi connectivity index (χ0n) is 6.91. The van der Waals surface area contributed by atoms with Gasteiger partial charge in [-0.25, -0.2) is 0 Å². The van der Waals surface area contributed by atoms with Gasteiger partial charge in [0.05, 0.1) is 0 Å². The molecule has 15 heavy (non-hydrogen) atoms. The summed E-state index contributed by atoms with van der Waals surface area (Å²) in [6, 6.07) is 0. The van der Waals surface area contributed by atoms with Crippen LogP contribution in [0, 0.1) is 125 Å². The molecule has 0 aliphatic carbocycles. The summed E-state index contributed by atoms with van der Waals surface area (Å²) in [4.78, 5) is 0. The molecule has 0 aromatic rings. The molecular formula is B3Ce3O9. The second-order valence-corrected chi connectivity index (χ2v) is 0.866. The molecular weight excluding hydrogens is 597 g/mol. The van der Waals surface area contributed by atoms with E-state index in [1.54, 1.807) is 0 Å². The van der Waals surface area contributed by atoms with Crippen molar-refractivity contribution < 1.29 is 170 Å². The molecule has 0 aliphatic heterocycles. The molecule has 0 unspecified atom stereocenters. The molecule has 9 nitrogen and oxygen atoms in total. The molecule has 75 valence electrons. The van der Waals surface area contributed by atoms with Crippen molar-refractivity contribution in [3.05, 3.63) is 0 Å². The zero-order chi connectivity index (χ0) is 10.7. The molecule has 0 fully saturated rings. The van der Waals surface area contributed by atoms with Crippen LogP contribution in [0.1, 0.15) is 0 Å². The van der Waals surface area contributed by atoms with E-state index in [1.165, 1.54) is 0 Å². The maximum absolute atomic E-state index is 8.42. The molecule has 3 radical (unpaired) electrons. The summed E-state index contributed by atoms with van der Waals surface area (Å²) < 4.78 is 0. The fraction of sp³-hybridized carbons (Fsp3) is 0. The van der Waals surface area contributed by atoms with Crippen LogP contribution in [-0.2, 0) is 0 Å². The molecule has 0 saturated heterocycles. The molecule has 0 spiro atoms. The summed E-state index contributed by atoms with van der Waals surface area (Å²) in [5, 5.41) is 75.8. The van der Waals surface area contributed by atoms with Crippen LogP contribution in [0.15, 0.2) is 0 Å². The summed E-state index contributed by atoms with van der Waals surface area (Å²) in [6.45, 7) is 0. The normalized spacial score (nSPS) is 5.40. The molecule has 0 amide bonds. The van der Waals surface area contributed by atoms with Crippen LogP contribution in [0.3, 0.4) is 0 Å². The van der Waals surface area contributed by atoms with E-state index in [-0.39, 0.29) is 125 Å². The first-order valence-corrected chi connectivity index (χ1v) is 2.12. The van der Waals surface area contributed by atoms with Crippen molar-refractivity contribution in [2.75, 3.05) is 0 Å². The topological polar surface area (TPSA) is 208 Å². The Morgan fingerprint density at radius 2 is 0.333 bits per heavy atom. The van der Waals surface area contributed by atoms with Crippen LogP contribution in [0.4, 0.5) is 0 Å². The quantitative estimate of drug-likeness (QED) is 0.243.